The number of hydrogen-bond acceptors (Lipinski definition) is 6. The molecule has 0 aliphatic carbocycles. The lowest BCUT2D eigenvalue weighted by Crippen LogP contribution is -2.40. The number of benzene rings is 1. The highest BCUT2D eigenvalue weighted by atomic mass is 79.9. The molecule has 0 saturated carbocycles. The number of ether oxygens (including phenoxy) is 2. The minimum absolute atomic E-state index is 0.0153. The predicted molar refractivity (Wildman–Crippen MR) is 84.2 cm³/mol. The predicted octanol–water partition coefficient (Wildman–Crippen LogP) is 1.54. The van der Waals surface area contributed by atoms with E-state index in [1.165, 1.54) is 29.4 Å². The Bertz CT molecular complexity index is 738. The molecule has 0 aromatic heterocycles. The summed E-state index contributed by atoms with van der Waals surface area (Å²) in [6, 6.07) is 5.94. The molecule has 2 rings (SSSR count). The van der Waals surface area contributed by atoms with Crippen LogP contribution in [-0.2, 0) is 19.5 Å². The number of hydrogen-bond donors (Lipinski definition) is 0. The Kier molecular flexibility index (Phi) is 5.75. The standard InChI is InChI=1S/C14H15BrN2O5S/c1-10(9-16)22-14(18)11-2-3-12(15)13(8-11)23(19,20)17-4-6-21-7-5-17/h2-3,8,10H,4-7H2,1H3/t10-/m1/s1. The van der Waals surface area contributed by atoms with Crippen LogP contribution in [0.5, 0.6) is 0 Å². The van der Waals surface area contributed by atoms with E-state index in [2.05, 4.69) is 15.9 Å². The molecule has 1 atom stereocenters. The lowest BCUT2D eigenvalue weighted by molar-refractivity contribution is 0.0435. The highest BCUT2D eigenvalue weighted by molar-refractivity contribution is 9.10. The van der Waals surface area contributed by atoms with E-state index in [9.17, 15) is 13.2 Å². The van der Waals surface area contributed by atoms with Gasteiger partial charge in [0.05, 0.1) is 23.7 Å². The van der Waals surface area contributed by atoms with Gasteiger partial charge in [0, 0.05) is 17.6 Å². The van der Waals surface area contributed by atoms with Crippen LogP contribution in [-0.4, -0.2) is 51.1 Å². The fourth-order valence-electron chi connectivity index (χ4n) is 2.01. The van der Waals surface area contributed by atoms with Crippen molar-refractivity contribution in [1.29, 1.82) is 5.26 Å². The summed E-state index contributed by atoms with van der Waals surface area (Å²) in [4.78, 5) is 11.9. The van der Waals surface area contributed by atoms with Gasteiger partial charge in [0.2, 0.25) is 10.0 Å². The van der Waals surface area contributed by atoms with Crippen molar-refractivity contribution >= 4 is 31.9 Å². The van der Waals surface area contributed by atoms with Gasteiger partial charge in [-0.3, -0.25) is 0 Å². The van der Waals surface area contributed by atoms with Crippen LogP contribution in [0.15, 0.2) is 27.6 Å². The van der Waals surface area contributed by atoms with Crippen molar-refractivity contribution in [1.82, 2.24) is 4.31 Å². The van der Waals surface area contributed by atoms with E-state index in [4.69, 9.17) is 14.7 Å². The minimum atomic E-state index is -3.75. The van der Waals surface area contributed by atoms with Gasteiger partial charge in [0.15, 0.2) is 6.10 Å². The number of halogens is 1. The highest BCUT2D eigenvalue weighted by Gasteiger charge is 2.29. The normalized spacial score (nSPS) is 17.3. The van der Waals surface area contributed by atoms with Crippen molar-refractivity contribution in [3.8, 4) is 6.07 Å². The highest BCUT2D eigenvalue weighted by Crippen LogP contribution is 2.27. The number of carbonyl (C=O) groups excluding carboxylic acids is 1. The third kappa shape index (κ3) is 4.09. The topological polar surface area (TPSA) is 96.7 Å². The number of sulfonamides is 1. The number of rotatable bonds is 4. The van der Waals surface area contributed by atoms with Crippen LogP contribution in [0.1, 0.15) is 17.3 Å². The Morgan fingerprint density at radius 1 is 1.43 bits per heavy atom. The molecule has 0 bridgehead atoms. The molecule has 1 aliphatic heterocycles. The molecule has 0 radical (unpaired) electrons. The third-order valence-electron chi connectivity index (χ3n) is 3.22. The number of carbonyl (C=O) groups is 1. The Morgan fingerprint density at radius 2 is 2.09 bits per heavy atom. The van der Waals surface area contributed by atoms with Crippen LogP contribution in [0.2, 0.25) is 0 Å². The van der Waals surface area contributed by atoms with Gasteiger partial charge in [-0.2, -0.15) is 9.57 Å². The zero-order valence-corrected chi connectivity index (χ0v) is 14.8. The fraction of sp³-hybridized carbons (Fsp3) is 0.429. The molecule has 1 aliphatic rings. The maximum Gasteiger partial charge on any atom is 0.339 e. The summed E-state index contributed by atoms with van der Waals surface area (Å²) in [6.45, 7) is 2.61. The molecule has 0 amide bonds. The smallest absolute Gasteiger partial charge is 0.339 e. The van der Waals surface area contributed by atoms with Crippen molar-refractivity contribution in [2.24, 2.45) is 0 Å². The quantitative estimate of drug-likeness (QED) is 0.708. The molecule has 1 saturated heterocycles. The van der Waals surface area contributed by atoms with Gasteiger partial charge < -0.3 is 9.47 Å². The molecule has 1 aromatic carbocycles. The molecular weight excluding hydrogens is 388 g/mol. The average molecular weight is 403 g/mol. The van der Waals surface area contributed by atoms with Gasteiger partial charge in [0.25, 0.3) is 0 Å². The first-order valence-electron chi connectivity index (χ1n) is 6.84. The molecule has 1 heterocycles. The largest absolute Gasteiger partial charge is 0.444 e. The van der Waals surface area contributed by atoms with Crippen LogP contribution in [0.3, 0.4) is 0 Å². The van der Waals surface area contributed by atoms with Gasteiger partial charge >= 0.3 is 5.97 Å². The number of nitrogens with zero attached hydrogens (tertiary/aromatic N) is 2. The minimum Gasteiger partial charge on any atom is -0.444 e. The van der Waals surface area contributed by atoms with E-state index < -0.39 is 22.1 Å². The maximum atomic E-state index is 12.7. The van der Waals surface area contributed by atoms with E-state index in [0.717, 1.165) is 0 Å². The first-order valence-corrected chi connectivity index (χ1v) is 9.07. The Labute approximate surface area is 143 Å². The lowest BCUT2D eigenvalue weighted by Gasteiger charge is -2.26. The number of morpholine rings is 1. The van der Waals surface area contributed by atoms with Crippen LogP contribution in [0.25, 0.3) is 0 Å². The molecule has 1 fully saturated rings. The van der Waals surface area contributed by atoms with E-state index >= 15 is 0 Å². The number of esters is 1. The summed E-state index contributed by atoms with van der Waals surface area (Å²) in [7, 11) is -3.75. The van der Waals surface area contributed by atoms with Gasteiger partial charge in [0.1, 0.15) is 6.07 Å². The van der Waals surface area contributed by atoms with Crippen molar-refractivity contribution in [3.63, 3.8) is 0 Å². The second-order valence-corrected chi connectivity index (χ2v) is 7.60. The first kappa shape index (κ1) is 17.9. The molecule has 0 spiro atoms. The van der Waals surface area contributed by atoms with Crippen molar-refractivity contribution in [2.45, 2.75) is 17.9 Å². The van der Waals surface area contributed by atoms with Gasteiger partial charge in [-0.1, -0.05) is 0 Å². The Balaban J connectivity index is 2.33. The number of nitriles is 1. The summed E-state index contributed by atoms with van der Waals surface area (Å²) in [6.07, 6.45) is -0.912. The Morgan fingerprint density at radius 3 is 2.70 bits per heavy atom. The second-order valence-electron chi connectivity index (χ2n) is 4.84. The van der Waals surface area contributed by atoms with Crippen molar-refractivity contribution in [2.75, 3.05) is 26.3 Å². The summed E-state index contributed by atoms with van der Waals surface area (Å²) in [5, 5.41) is 8.68. The van der Waals surface area contributed by atoms with E-state index in [0.29, 0.717) is 17.7 Å². The zero-order chi connectivity index (χ0) is 17.0. The van der Waals surface area contributed by atoms with Crippen LogP contribution in [0.4, 0.5) is 0 Å². The lowest BCUT2D eigenvalue weighted by atomic mass is 10.2. The molecule has 1 aromatic rings. The summed E-state index contributed by atoms with van der Waals surface area (Å²) < 4.78 is 37.1. The van der Waals surface area contributed by atoms with Crippen molar-refractivity contribution < 1.29 is 22.7 Å². The third-order valence-corrected chi connectivity index (χ3v) is 6.11. The SMILES string of the molecule is C[C@H](C#N)OC(=O)c1ccc(Br)c(S(=O)(=O)N2CCOCC2)c1. The van der Waals surface area contributed by atoms with E-state index in [1.807, 2.05) is 0 Å². The monoisotopic (exact) mass is 402 g/mol. The molecule has 23 heavy (non-hydrogen) atoms. The maximum absolute atomic E-state index is 12.7. The molecule has 0 unspecified atom stereocenters. The zero-order valence-electron chi connectivity index (χ0n) is 12.4. The van der Waals surface area contributed by atoms with Gasteiger partial charge in [-0.15, -0.1) is 0 Å². The van der Waals surface area contributed by atoms with Crippen LogP contribution >= 0.6 is 15.9 Å². The van der Waals surface area contributed by atoms with Gasteiger partial charge in [-0.25, -0.2) is 13.2 Å². The van der Waals surface area contributed by atoms with Crippen molar-refractivity contribution in [3.05, 3.63) is 28.2 Å². The summed E-state index contributed by atoms with van der Waals surface area (Å²) >= 11 is 3.20. The Hall–Kier alpha value is -1.47. The molecule has 124 valence electrons. The molecule has 7 nitrogen and oxygen atoms in total. The summed E-state index contributed by atoms with van der Waals surface area (Å²) in [5.74, 6) is -0.745. The fourth-order valence-corrected chi connectivity index (χ4v) is 4.37. The van der Waals surface area contributed by atoms with Crippen LogP contribution < -0.4 is 0 Å². The molecule has 9 heteroatoms. The van der Waals surface area contributed by atoms with E-state index in [-0.39, 0.29) is 23.5 Å². The van der Waals surface area contributed by atoms with Crippen LogP contribution in [0, 0.1) is 11.3 Å². The van der Waals surface area contributed by atoms with E-state index in [1.54, 1.807) is 6.07 Å². The second kappa shape index (κ2) is 7.40. The molecular formula is C14H15BrN2O5S. The summed E-state index contributed by atoms with van der Waals surface area (Å²) in [5.41, 5.74) is 0.0714. The molecule has 0 N–H and O–H groups in total. The van der Waals surface area contributed by atoms with Gasteiger partial charge in [-0.05, 0) is 41.1 Å². The average Bonchev–Trinajstić information content (AvgIpc) is 2.55. The first-order chi connectivity index (χ1) is 10.9.